The summed E-state index contributed by atoms with van der Waals surface area (Å²) in [6, 6.07) is 0. The molecule has 0 aromatic carbocycles. The van der Waals surface area contributed by atoms with E-state index in [1.54, 1.807) is 9.25 Å². The van der Waals surface area contributed by atoms with Crippen LogP contribution in [0.4, 0.5) is 0 Å². The molecule has 0 unspecified atom stereocenters. The first-order valence-corrected chi connectivity index (χ1v) is 7.51. The zero-order valence-electron chi connectivity index (χ0n) is 13.6. The Balaban J connectivity index is 2.92. The van der Waals surface area contributed by atoms with Gasteiger partial charge in [-0.25, -0.2) is 4.68 Å². The summed E-state index contributed by atoms with van der Waals surface area (Å²) in [5.41, 5.74) is 0.228. The van der Waals surface area contributed by atoms with Crippen LogP contribution in [0.15, 0.2) is 0 Å². The summed E-state index contributed by atoms with van der Waals surface area (Å²) in [5, 5.41) is 13.7. The molecule has 0 aliphatic heterocycles. The van der Waals surface area contributed by atoms with Gasteiger partial charge in [-0.05, 0) is 23.6 Å². The lowest BCUT2D eigenvalue weighted by Gasteiger charge is -2.30. The largest absolute Gasteiger partial charge is 0.388 e. The predicted molar refractivity (Wildman–Crippen MR) is 83.8 cm³/mol. The molecule has 5 nitrogen and oxygen atoms in total. The number of rotatable bonds is 6. The van der Waals surface area contributed by atoms with Gasteiger partial charge in [-0.2, -0.15) is 5.10 Å². The minimum absolute atomic E-state index is 0.0867. The topological polar surface area (TPSA) is 46.2 Å². The molecular formula is C14H28N4OS. The van der Waals surface area contributed by atoms with E-state index in [1.165, 1.54) is 0 Å². The van der Waals surface area contributed by atoms with Crippen molar-refractivity contribution in [3.05, 3.63) is 10.6 Å². The summed E-state index contributed by atoms with van der Waals surface area (Å²) >= 11 is 5.38. The fourth-order valence-electron chi connectivity index (χ4n) is 2.31. The van der Waals surface area contributed by atoms with Gasteiger partial charge in [0.15, 0.2) is 10.6 Å². The Morgan fingerprint density at radius 1 is 1.35 bits per heavy atom. The van der Waals surface area contributed by atoms with Crippen LogP contribution in [0.5, 0.6) is 0 Å². The predicted octanol–water partition coefficient (Wildman–Crippen LogP) is 2.40. The molecule has 20 heavy (non-hydrogen) atoms. The smallest absolute Gasteiger partial charge is 0.198 e. The molecule has 0 aliphatic carbocycles. The summed E-state index contributed by atoms with van der Waals surface area (Å²) in [4.78, 5) is 2.37. The highest BCUT2D eigenvalue weighted by atomic mass is 32.1. The van der Waals surface area contributed by atoms with E-state index in [-0.39, 0.29) is 12.0 Å². The molecule has 0 amide bonds. The van der Waals surface area contributed by atoms with E-state index in [0.29, 0.717) is 23.2 Å². The average Bonchev–Trinajstić information content (AvgIpc) is 2.53. The van der Waals surface area contributed by atoms with Gasteiger partial charge in [0, 0.05) is 20.1 Å². The molecule has 0 spiro atoms. The monoisotopic (exact) mass is 300 g/mol. The van der Waals surface area contributed by atoms with Crippen LogP contribution in [0.1, 0.15) is 40.4 Å². The van der Waals surface area contributed by atoms with Gasteiger partial charge < -0.3 is 9.67 Å². The van der Waals surface area contributed by atoms with Gasteiger partial charge in [0.05, 0.1) is 6.67 Å². The maximum absolute atomic E-state index is 9.27. The fourth-order valence-corrected chi connectivity index (χ4v) is 2.52. The first-order valence-electron chi connectivity index (χ1n) is 7.10. The third kappa shape index (κ3) is 5.00. The lowest BCUT2D eigenvalue weighted by molar-refractivity contribution is 0.130. The van der Waals surface area contributed by atoms with Gasteiger partial charge in [-0.3, -0.25) is 4.90 Å². The molecule has 0 fully saturated rings. The second-order valence-electron chi connectivity index (χ2n) is 7.02. The van der Waals surface area contributed by atoms with Crippen molar-refractivity contribution in [3.8, 4) is 0 Å². The third-order valence-corrected chi connectivity index (χ3v) is 3.41. The number of hydrogen-bond donors (Lipinski definition) is 1. The minimum Gasteiger partial charge on any atom is -0.388 e. The maximum atomic E-state index is 9.27. The van der Waals surface area contributed by atoms with Crippen molar-refractivity contribution < 1.29 is 5.11 Å². The van der Waals surface area contributed by atoms with E-state index in [4.69, 9.17) is 12.2 Å². The van der Waals surface area contributed by atoms with Crippen molar-refractivity contribution in [2.75, 3.05) is 13.1 Å². The van der Waals surface area contributed by atoms with Gasteiger partial charge in [0.2, 0.25) is 0 Å². The van der Waals surface area contributed by atoms with E-state index in [0.717, 1.165) is 13.1 Å². The molecule has 1 N–H and O–H groups in total. The van der Waals surface area contributed by atoms with Crippen LogP contribution in [0.3, 0.4) is 0 Å². The van der Waals surface area contributed by atoms with Crippen molar-refractivity contribution in [2.24, 2.45) is 18.4 Å². The molecule has 0 saturated carbocycles. The van der Waals surface area contributed by atoms with E-state index in [9.17, 15) is 5.11 Å². The van der Waals surface area contributed by atoms with E-state index in [1.807, 2.05) is 7.05 Å². The SMILES string of the molecule is CC(C)CN(Cn1nc(CO)n(C)c1=S)CC(C)(C)C. The standard InChI is InChI=1S/C14H28N4OS/c1-11(2)7-17(9-14(3,4)5)10-18-13(20)16(6)12(8-19)15-18/h11,19H,7-10H2,1-6H3. The number of nitrogens with zero attached hydrogens (tertiary/aromatic N) is 4. The third-order valence-electron chi connectivity index (χ3n) is 2.93. The van der Waals surface area contributed by atoms with Crippen molar-refractivity contribution in [2.45, 2.75) is 47.9 Å². The Labute approximate surface area is 127 Å². The van der Waals surface area contributed by atoms with Gasteiger partial charge in [-0.15, -0.1) is 0 Å². The average molecular weight is 300 g/mol. The minimum atomic E-state index is -0.0867. The van der Waals surface area contributed by atoms with Crippen LogP contribution in [-0.4, -0.2) is 37.4 Å². The highest BCUT2D eigenvalue weighted by Gasteiger charge is 2.19. The van der Waals surface area contributed by atoms with Crippen LogP contribution in [0.25, 0.3) is 0 Å². The quantitative estimate of drug-likeness (QED) is 0.820. The molecule has 0 atom stereocenters. The molecule has 1 heterocycles. The highest BCUT2D eigenvalue weighted by molar-refractivity contribution is 7.71. The summed E-state index contributed by atoms with van der Waals surface area (Å²) in [6.45, 7) is 13.7. The Morgan fingerprint density at radius 2 is 1.95 bits per heavy atom. The summed E-state index contributed by atoms with van der Waals surface area (Å²) in [7, 11) is 1.84. The molecular weight excluding hydrogens is 272 g/mol. The first-order chi connectivity index (χ1) is 9.14. The summed E-state index contributed by atoms with van der Waals surface area (Å²) < 4.78 is 4.21. The molecule has 1 aromatic rings. The number of aromatic nitrogens is 3. The second kappa shape index (κ2) is 6.83. The molecule has 0 aliphatic rings. The van der Waals surface area contributed by atoms with Gasteiger partial charge in [-0.1, -0.05) is 34.6 Å². The summed E-state index contributed by atoms with van der Waals surface area (Å²) in [6.07, 6.45) is 0. The fraction of sp³-hybridized carbons (Fsp3) is 0.857. The van der Waals surface area contributed by atoms with E-state index < -0.39 is 0 Å². The van der Waals surface area contributed by atoms with Crippen LogP contribution in [0.2, 0.25) is 0 Å². The zero-order chi connectivity index (χ0) is 15.5. The normalized spacial score (nSPS) is 12.7. The van der Waals surface area contributed by atoms with Crippen molar-refractivity contribution in [1.29, 1.82) is 0 Å². The second-order valence-corrected chi connectivity index (χ2v) is 7.39. The number of aliphatic hydroxyl groups is 1. The summed E-state index contributed by atoms with van der Waals surface area (Å²) in [5.74, 6) is 1.20. The molecule has 1 aromatic heterocycles. The van der Waals surface area contributed by atoms with Gasteiger partial charge in [0.25, 0.3) is 0 Å². The van der Waals surface area contributed by atoms with Gasteiger partial charge >= 0.3 is 0 Å². The zero-order valence-corrected chi connectivity index (χ0v) is 14.4. The number of aliphatic hydroxyl groups excluding tert-OH is 1. The molecule has 0 bridgehead atoms. The van der Waals surface area contributed by atoms with E-state index >= 15 is 0 Å². The molecule has 0 radical (unpaired) electrons. The highest BCUT2D eigenvalue weighted by Crippen LogP contribution is 2.17. The lowest BCUT2D eigenvalue weighted by atomic mass is 9.96. The van der Waals surface area contributed by atoms with Gasteiger partial charge in [0.1, 0.15) is 6.61 Å². The molecule has 1 rings (SSSR count). The van der Waals surface area contributed by atoms with Crippen LogP contribution in [-0.2, 0) is 20.3 Å². The van der Waals surface area contributed by atoms with Crippen molar-refractivity contribution >= 4 is 12.2 Å². The Kier molecular flexibility index (Phi) is 5.91. The lowest BCUT2D eigenvalue weighted by Crippen LogP contribution is -2.37. The Hall–Kier alpha value is -0.720. The van der Waals surface area contributed by atoms with Crippen LogP contribution >= 0.6 is 12.2 Å². The molecule has 6 heteroatoms. The van der Waals surface area contributed by atoms with Crippen LogP contribution in [0, 0.1) is 16.1 Å². The van der Waals surface area contributed by atoms with Crippen molar-refractivity contribution in [1.82, 2.24) is 19.2 Å². The van der Waals surface area contributed by atoms with Crippen LogP contribution < -0.4 is 0 Å². The van der Waals surface area contributed by atoms with E-state index in [2.05, 4.69) is 44.6 Å². The maximum Gasteiger partial charge on any atom is 0.198 e. The Bertz CT molecular complexity index is 484. The number of hydrogen-bond acceptors (Lipinski definition) is 4. The van der Waals surface area contributed by atoms with Crippen molar-refractivity contribution in [3.63, 3.8) is 0 Å². The Morgan fingerprint density at radius 3 is 2.35 bits per heavy atom. The molecule has 116 valence electrons. The molecule has 0 saturated heterocycles. The first kappa shape index (κ1) is 17.3.